The molecular weight excluding hydrogens is 564 g/mol. The van der Waals surface area contributed by atoms with Crippen LogP contribution in [-0.4, -0.2) is 9.97 Å². The minimum atomic E-state index is 0.643. The van der Waals surface area contributed by atoms with E-state index in [9.17, 15) is 0 Å². The lowest BCUT2D eigenvalue weighted by molar-refractivity contribution is 0.670. The summed E-state index contributed by atoms with van der Waals surface area (Å²) in [5.74, 6) is 0.643. The summed E-state index contributed by atoms with van der Waals surface area (Å²) in [4.78, 5) is 10.5. The van der Waals surface area contributed by atoms with E-state index < -0.39 is 0 Å². The molecule has 214 valence electrons. The summed E-state index contributed by atoms with van der Waals surface area (Å²) in [6.07, 6.45) is 0. The fourth-order valence-corrected chi connectivity index (χ4v) is 6.99. The van der Waals surface area contributed by atoms with Gasteiger partial charge in [0.1, 0.15) is 28.0 Å². The molecule has 0 unspecified atom stereocenters. The molecule has 7 aromatic carbocycles. The summed E-state index contributed by atoms with van der Waals surface area (Å²) in [5.41, 5.74) is 8.84. The number of aromatic nitrogens is 2. The molecule has 3 aromatic heterocycles. The Morgan fingerprint density at radius 3 is 1.85 bits per heavy atom. The van der Waals surface area contributed by atoms with Gasteiger partial charge in [0.15, 0.2) is 11.4 Å². The molecular formula is C42H24N2O2. The van der Waals surface area contributed by atoms with Crippen molar-refractivity contribution in [3.05, 3.63) is 146 Å². The maximum absolute atomic E-state index is 6.78. The molecule has 0 saturated carbocycles. The van der Waals surface area contributed by atoms with Crippen molar-refractivity contribution in [2.24, 2.45) is 0 Å². The molecule has 0 aliphatic heterocycles. The second-order valence-electron chi connectivity index (χ2n) is 11.7. The molecule has 0 aliphatic rings. The van der Waals surface area contributed by atoms with Crippen LogP contribution in [0.25, 0.3) is 99.3 Å². The number of fused-ring (bicyclic) bond motifs is 11. The highest BCUT2D eigenvalue weighted by Crippen LogP contribution is 2.43. The molecule has 0 amide bonds. The second-order valence-corrected chi connectivity index (χ2v) is 11.7. The van der Waals surface area contributed by atoms with Gasteiger partial charge in [-0.15, -0.1) is 0 Å². The van der Waals surface area contributed by atoms with E-state index in [0.717, 1.165) is 82.5 Å². The van der Waals surface area contributed by atoms with Gasteiger partial charge in [-0.25, -0.2) is 9.97 Å². The van der Waals surface area contributed by atoms with Crippen LogP contribution in [0.4, 0.5) is 0 Å². The average Bonchev–Trinajstić information content (AvgIpc) is 3.71. The van der Waals surface area contributed by atoms with Crippen molar-refractivity contribution in [2.45, 2.75) is 0 Å². The molecule has 4 nitrogen and oxygen atoms in total. The Hall–Kier alpha value is -6.26. The fourth-order valence-electron chi connectivity index (χ4n) is 6.99. The standard InChI is InChI=1S/C42H24N2O2/c1-2-12-25(13-3-1)37-41-38(36-32-19-6-4-16-29(32)30-17-5-7-20-33(30)40(36)46-41)44-42(43-37)27-15-10-14-26(24-27)28-21-11-22-34-31-18-8-9-23-35(31)45-39(28)34/h1-24H. The molecule has 0 spiro atoms. The molecule has 0 radical (unpaired) electrons. The SMILES string of the molecule is c1ccc(-c2nc(-c3cccc(-c4cccc5c4oc4ccccc45)c3)nc3c2oc2c4ccccc4c4ccccc4c32)cc1. The topological polar surface area (TPSA) is 52.1 Å². The summed E-state index contributed by atoms with van der Waals surface area (Å²) in [6.45, 7) is 0. The predicted molar refractivity (Wildman–Crippen MR) is 188 cm³/mol. The van der Waals surface area contributed by atoms with E-state index in [-0.39, 0.29) is 0 Å². The van der Waals surface area contributed by atoms with E-state index in [4.69, 9.17) is 18.8 Å². The van der Waals surface area contributed by atoms with E-state index in [0.29, 0.717) is 11.4 Å². The number of nitrogens with zero attached hydrogens (tertiary/aromatic N) is 2. The lowest BCUT2D eigenvalue weighted by atomic mass is 9.98. The molecule has 0 N–H and O–H groups in total. The van der Waals surface area contributed by atoms with Crippen LogP contribution in [-0.2, 0) is 0 Å². The van der Waals surface area contributed by atoms with Gasteiger partial charge < -0.3 is 8.83 Å². The zero-order valence-corrected chi connectivity index (χ0v) is 24.6. The van der Waals surface area contributed by atoms with Gasteiger partial charge in [0.05, 0.1) is 5.39 Å². The lowest BCUT2D eigenvalue weighted by Gasteiger charge is -2.09. The van der Waals surface area contributed by atoms with Crippen molar-refractivity contribution >= 4 is 65.6 Å². The van der Waals surface area contributed by atoms with Crippen LogP contribution in [0.2, 0.25) is 0 Å². The summed E-state index contributed by atoms with van der Waals surface area (Å²) in [6, 6.07) is 50.1. The zero-order chi connectivity index (χ0) is 30.2. The Morgan fingerprint density at radius 1 is 0.391 bits per heavy atom. The Bertz CT molecular complexity index is 2810. The van der Waals surface area contributed by atoms with Crippen molar-refractivity contribution in [2.75, 3.05) is 0 Å². The quantitative estimate of drug-likeness (QED) is 0.193. The monoisotopic (exact) mass is 588 g/mol. The maximum Gasteiger partial charge on any atom is 0.180 e. The third-order valence-corrected chi connectivity index (χ3v) is 9.08. The minimum Gasteiger partial charge on any atom is -0.455 e. The average molecular weight is 589 g/mol. The first-order valence-corrected chi connectivity index (χ1v) is 15.4. The maximum atomic E-state index is 6.78. The van der Waals surface area contributed by atoms with Gasteiger partial charge in [0, 0.05) is 32.8 Å². The molecule has 4 heteroatoms. The largest absolute Gasteiger partial charge is 0.455 e. The van der Waals surface area contributed by atoms with Crippen LogP contribution >= 0.6 is 0 Å². The van der Waals surface area contributed by atoms with E-state index in [1.807, 2.05) is 36.4 Å². The first kappa shape index (κ1) is 25.1. The van der Waals surface area contributed by atoms with Crippen molar-refractivity contribution in [3.8, 4) is 33.8 Å². The number of hydrogen-bond acceptors (Lipinski definition) is 4. The molecule has 46 heavy (non-hydrogen) atoms. The minimum absolute atomic E-state index is 0.643. The lowest BCUT2D eigenvalue weighted by Crippen LogP contribution is -1.94. The van der Waals surface area contributed by atoms with Crippen LogP contribution in [0.3, 0.4) is 0 Å². The van der Waals surface area contributed by atoms with Gasteiger partial charge in [-0.05, 0) is 33.9 Å². The van der Waals surface area contributed by atoms with Crippen molar-refractivity contribution in [1.82, 2.24) is 9.97 Å². The molecule has 10 aromatic rings. The van der Waals surface area contributed by atoms with E-state index in [1.165, 1.54) is 5.39 Å². The Balaban J connectivity index is 1.27. The second kappa shape index (κ2) is 9.62. The van der Waals surface area contributed by atoms with Gasteiger partial charge >= 0.3 is 0 Å². The highest BCUT2D eigenvalue weighted by molar-refractivity contribution is 6.30. The zero-order valence-electron chi connectivity index (χ0n) is 24.6. The van der Waals surface area contributed by atoms with Crippen molar-refractivity contribution < 1.29 is 8.83 Å². The van der Waals surface area contributed by atoms with Gasteiger partial charge in [0.2, 0.25) is 0 Å². The summed E-state index contributed by atoms with van der Waals surface area (Å²) in [5, 5.41) is 7.74. The predicted octanol–water partition coefficient (Wildman–Crippen LogP) is 11.6. The number of hydrogen-bond donors (Lipinski definition) is 0. The van der Waals surface area contributed by atoms with Crippen LogP contribution in [0.15, 0.2) is 154 Å². The van der Waals surface area contributed by atoms with Crippen molar-refractivity contribution in [3.63, 3.8) is 0 Å². The number of para-hydroxylation sites is 2. The number of benzene rings is 7. The highest BCUT2D eigenvalue weighted by atomic mass is 16.3. The summed E-state index contributed by atoms with van der Waals surface area (Å²) < 4.78 is 13.2. The highest BCUT2D eigenvalue weighted by Gasteiger charge is 2.22. The molecule has 0 fully saturated rings. The van der Waals surface area contributed by atoms with Gasteiger partial charge in [-0.2, -0.15) is 0 Å². The van der Waals surface area contributed by atoms with Crippen LogP contribution in [0, 0.1) is 0 Å². The van der Waals surface area contributed by atoms with E-state index >= 15 is 0 Å². The third kappa shape index (κ3) is 3.61. The first-order valence-electron chi connectivity index (χ1n) is 15.4. The summed E-state index contributed by atoms with van der Waals surface area (Å²) in [7, 11) is 0. The summed E-state index contributed by atoms with van der Waals surface area (Å²) >= 11 is 0. The Kier molecular flexibility index (Phi) is 5.25. The Morgan fingerprint density at radius 2 is 1.00 bits per heavy atom. The first-order chi connectivity index (χ1) is 22.8. The van der Waals surface area contributed by atoms with Gasteiger partial charge in [-0.1, -0.05) is 133 Å². The molecule has 0 bridgehead atoms. The smallest absolute Gasteiger partial charge is 0.180 e. The van der Waals surface area contributed by atoms with Gasteiger partial charge in [-0.3, -0.25) is 0 Å². The fraction of sp³-hybridized carbons (Fsp3) is 0. The normalized spacial score (nSPS) is 11.9. The van der Waals surface area contributed by atoms with Crippen molar-refractivity contribution in [1.29, 1.82) is 0 Å². The van der Waals surface area contributed by atoms with E-state index in [2.05, 4.69) is 109 Å². The Labute approximate surface area is 263 Å². The van der Waals surface area contributed by atoms with Crippen LogP contribution in [0.1, 0.15) is 0 Å². The number of rotatable bonds is 3. The number of furan rings is 2. The molecule has 3 heterocycles. The molecule has 10 rings (SSSR count). The molecule has 0 atom stereocenters. The van der Waals surface area contributed by atoms with Crippen LogP contribution in [0.5, 0.6) is 0 Å². The van der Waals surface area contributed by atoms with E-state index in [1.54, 1.807) is 0 Å². The molecule has 0 aliphatic carbocycles. The van der Waals surface area contributed by atoms with Gasteiger partial charge in [0.25, 0.3) is 0 Å². The molecule has 0 saturated heterocycles. The van der Waals surface area contributed by atoms with Crippen LogP contribution < -0.4 is 0 Å². The third-order valence-electron chi connectivity index (χ3n) is 9.08.